The summed E-state index contributed by atoms with van der Waals surface area (Å²) >= 11 is 0. The molecule has 0 radical (unpaired) electrons. The van der Waals surface area contributed by atoms with Gasteiger partial charge in [-0.15, -0.1) is 0 Å². The summed E-state index contributed by atoms with van der Waals surface area (Å²) in [6, 6.07) is 1.49. The second-order valence-electron chi connectivity index (χ2n) is 4.80. The van der Waals surface area contributed by atoms with Gasteiger partial charge in [-0.3, -0.25) is 20.2 Å². The Morgan fingerprint density at radius 1 is 1.09 bits per heavy atom. The Hall–Kier alpha value is -2.39. The maximum Gasteiger partial charge on any atom is 0.429 e. The third-order valence-electron chi connectivity index (χ3n) is 3.29. The first-order valence-corrected chi connectivity index (χ1v) is 6.92. The Labute approximate surface area is 130 Å². The Bertz CT molecular complexity index is 570. The molecule has 0 saturated carbocycles. The van der Waals surface area contributed by atoms with Crippen LogP contribution in [0.1, 0.15) is 32.3 Å². The van der Waals surface area contributed by atoms with Gasteiger partial charge in [0.25, 0.3) is 11.4 Å². The first kappa shape index (κ1) is 18.7. The van der Waals surface area contributed by atoms with E-state index in [2.05, 4.69) is 0 Å². The molecule has 0 fully saturated rings. The van der Waals surface area contributed by atoms with Crippen molar-refractivity contribution in [1.29, 1.82) is 0 Å². The van der Waals surface area contributed by atoms with Crippen molar-refractivity contribution in [3.8, 4) is 0 Å². The highest BCUT2D eigenvalue weighted by Crippen LogP contribution is 2.44. The topological polar surface area (TPSA) is 89.5 Å². The molecule has 0 aliphatic carbocycles. The predicted octanol–water partition coefficient (Wildman–Crippen LogP) is 4.15. The van der Waals surface area contributed by atoms with Gasteiger partial charge >= 0.3 is 6.18 Å². The average molecular weight is 335 g/mol. The molecule has 0 aromatic heterocycles. The van der Waals surface area contributed by atoms with E-state index in [1.165, 1.54) is 0 Å². The summed E-state index contributed by atoms with van der Waals surface area (Å²) in [5.41, 5.74) is -4.41. The molecule has 0 heterocycles. The Balaban J connectivity index is 3.59. The van der Waals surface area contributed by atoms with Crippen molar-refractivity contribution in [3.63, 3.8) is 0 Å². The maximum atomic E-state index is 13.0. The van der Waals surface area contributed by atoms with E-state index >= 15 is 0 Å². The fraction of sp³-hybridized carbons (Fsp3) is 0.538. The van der Waals surface area contributed by atoms with Crippen LogP contribution in [0.25, 0.3) is 0 Å². The number of benzene rings is 1. The zero-order chi connectivity index (χ0) is 17.8. The first-order chi connectivity index (χ1) is 10.6. The van der Waals surface area contributed by atoms with Crippen LogP contribution in [0.5, 0.6) is 0 Å². The SMILES string of the molecule is CCCCN(CC)c1cc([N+](=O)[O-])c(C(F)(F)F)c([N+](=O)[O-])c1. The number of halogens is 3. The molecule has 1 rings (SSSR count). The van der Waals surface area contributed by atoms with Gasteiger partial charge in [0, 0.05) is 25.2 Å². The standard InChI is InChI=1S/C13H16F3N3O4/c1-3-5-6-17(4-2)9-7-10(18(20)21)12(13(14,15)16)11(8-9)19(22)23/h7-8H,3-6H2,1-2H3. The normalized spacial score (nSPS) is 11.3. The molecule has 0 N–H and O–H groups in total. The molecule has 0 aliphatic heterocycles. The smallest absolute Gasteiger partial charge is 0.371 e. The third-order valence-corrected chi connectivity index (χ3v) is 3.29. The molecule has 0 spiro atoms. The lowest BCUT2D eigenvalue weighted by atomic mass is 10.1. The molecule has 0 atom stereocenters. The first-order valence-electron chi connectivity index (χ1n) is 6.92. The number of unbranched alkanes of at least 4 members (excludes halogenated alkanes) is 1. The number of anilines is 1. The zero-order valence-electron chi connectivity index (χ0n) is 12.6. The van der Waals surface area contributed by atoms with Crippen molar-refractivity contribution in [2.75, 3.05) is 18.0 Å². The van der Waals surface area contributed by atoms with Crippen molar-refractivity contribution in [1.82, 2.24) is 0 Å². The monoisotopic (exact) mass is 335 g/mol. The molecule has 0 unspecified atom stereocenters. The van der Waals surface area contributed by atoms with E-state index in [-0.39, 0.29) is 5.69 Å². The summed E-state index contributed by atoms with van der Waals surface area (Å²) in [5, 5.41) is 22.0. The van der Waals surface area contributed by atoms with Crippen molar-refractivity contribution < 1.29 is 23.0 Å². The minimum absolute atomic E-state index is 0.0346. The Morgan fingerprint density at radius 3 is 1.87 bits per heavy atom. The summed E-state index contributed by atoms with van der Waals surface area (Å²) in [4.78, 5) is 21.1. The van der Waals surface area contributed by atoms with Crippen LogP contribution >= 0.6 is 0 Å². The van der Waals surface area contributed by atoms with Gasteiger partial charge in [-0.25, -0.2) is 0 Å². The van der Waals surface area contributed by atoms with E-state index in [0.717, 1.165) is 18.6 Å². The molecule has 1 aromatic carbocycles. The minimum Gasteiger partial charge on any atom is -0.371 e. The fourth-order valence-electron chi connectivity index (χ4n) is 2.18. The van der Waals surface area contributed by atoms with Gasteiger partial charge in [0.15, 0.2) is 0 Å². The highest BCUT2D eigenvalue weighted by molar-refractivity contribution is 5.66. The van der Waals surface area contributed by atoms with Crippen LogP contribution in [0, 0.1) is 20.2 Å². The van der Waals surface area contributed by atoms with E-state index in [0.29, 0.717) is 19.5 Å². The summed E-state index contributed by atoms with van der Waals surface area (Å²) in [5.74, 6) is 0. The maximum absolute atomic E-state index is 13.0. The van der Waals surface area contributed by atoms with Crippen LogP contribution in [-0.2, 0) is 6.18 Å². The minimum atomic E-state index is -5.19. The zero-order valence-corrected chi connectivity index (χ0v) is 12.6. The number of alkyl halides is 3. The molecule has 7 nitrogen and oxygen atoms in total. The Morgan fingerprint density at radius 2 is 1.57 bits per heavy atom. The van der Waals surface area contributed by atoms with Gasteiger partial charge in [-0.05, 0) is 13.3 Å². The highest BCUT2D eigenvalue weighted by Gasteiger charge is 2.46. The largest absolute Gasteiger partial charge is 0.429 e. The van der Waals surface area contributed by atoms with E-state index < -0.39 is 33.0 Å². The van der Waals surface area contributed by atoms with E-state index in [1.54, 1.807) is 11.8 Å². The second-order valence-corrected chi connectivity index (χ2v) is 4.80. The van der Waals surface area contributed by atoms with Crippen LogP contribution in [0.15, 0.2) is 12.1 Å². The van der Waals surface area contributed by atoms with Gasteiger partial charge in [0.05, 0.1) is 15.5 Å². The van der Waals surface area contributed by atoms with Crippen molar-refractivity contribution >= 4 is 17.1 Å². The summed E-state index contributed by atoms with van der Waals surface area (Å²) < 4.78 is 39.1. The van der Waals surface area contributed by atoms with Gasteiger partial charge < -0.3 is 4.90 Å². The van der Waals surface area contributed by atoms with E-state index in [1.807, 2.05) is 6.92 Å². The van der Waals surface area contributed by atoms with Crippen molar-refractivity contribution in [2.45, 2.75) is 32.9 Å². The molecule has 0 saturated heterocycles. The van der Waals surface area contributed by atoms with Crippen LogP contribution in [0.3, 0.4) is 0 Å². The van der Waals surface area contributed by atoms with Gasteiger partial charge in [0.2, 0.25) is 5.56 Å². The summed E-state index contributed by atoms with van der Waals surface area (Å²) in [6.07, 6.45) is -3.68. The molecule has 128 valence electrons. The average Bonchev–Trinajstić information content (AvgIpc) is 2.45. The predicted molar refractivity (Wildman–Crippen MR) is 77.5 cm³/mol. The van der Waals surface area contributed by atoms with Crippen LogP contribution in [-0.4, -0.2) is 22.9 Å². The molecule has 0 bridgehead atoms. The van der Waals surface area contributed by atoms with Crippen LogP contribution in [0.2, 0.25) is 0 Å². The highest BCUT2D eigenvalue weighted by atomic mass is 19.4. The van der Waals surface area contributed by atoms with E-state index in [4.69, 9.17) is 0 Å². The third kappa shape index (κ3) is 4.30. The van der Waals surface area contributed by atoms with Crippen LogP contribution in [0.4, 0.5) is 30.2 Å². The number of nitrogens with zero attached hydrogens (tertiary/aromatic N) is 3. The van der Waals surface area contributed by atoms with Gasteiger partial charge in [-0.2, -0.15) is 13.2 Å². The quantitative estimate of drug-likeness (QED) is 0.551. The van der Waals surface area contributed by atoms with Crippen molar-refractivity contribution in [2.24, 2.45) is 0 Å². The lowest BCUT2D eigenvalue weighted by Crippen LogP contribution is -2.24. The Kier molecular flexibility index (Phi) is 5.88. The van der Waals surface area contributed by atoms with Crippen molar-refractivity contribution in [3.05, 3.63) is 37.9 Å². The van der Waals surface area contributed by atoms with E-state index in [9.17, 15) is 33.4 Å². The van der Waals surface area contributed by atoms with Gasteiger partial charge in [-0.1, -0.05) is 13.3 Å². The summed E-state index contributed by atoms with van der Waals surface area (Å²) in [7, 11) is 0. The molecule has 1 aromatic rings. The molecular formula is C13H16F3N3O4. The molecule has 0 amide bonds. The number of rotatable bonds is 7. The fourth-order valence-corrected chi connectivity index (χ4v) is 2.18. The molecule has 10 heteroatoms. The summed E-state index contributed by atoms with van der Waals surface area (Å²) in [6.45, 7) is 4.42. The van der Waals surface area contributed by atoms with Crippen LogP contribution < -0.4 is 4.90 Å². The molecular weight excluding hydrogens is 319 g/mol. The number of nitro benzene ring substituents is 2. The molecule has 0 aliphatic rings. The molecule has 23 heavy (non-hydrogen) atoms. The lowest BCUT2D eigenvalue weighted by molar-refractivity contribution is -0.399. The number of hydrogen-bond donors (Lipinski definition) is 0. The second kappa shape index (κ2) is 7.25. The number of hydrogen-bond acceptors (Lipinski definition) is 5. The lowest BCUT2D eigenvalue weighted by Gasteiger charge is -2.23. The number of nitro groups is 2. The van der Waals surface area contributed by atoms with Gasteiger partial charge in [0.1, 0.15) is 0 Å².